The summed E-state index contributed by atoms with van der Waals surface area (Å²) < 4.78 is 419. The molecule has 2 fully saturated rings. The number of ether oxygens (including phenoxy) is 7. The van der Waals surface area contributed by atoms with Gasteiger partial charge in [0.05, 0.1) is 38.3 Å². The molecule has 2 aliphatic rings. The van der Waals surface area contributed by atoms with Crippen LogP contribution < -0.4 is 0 Å². The lowest BCUT2D eigenvalue weighted by Gasteiger charge is -2.37. The molecule has 2 unspecified atom stereocenters. The molecule has 7 nitrogen and oxygen atoms in total. The van der Waals surface area contributed by atoms with Gasteiger partial charge >= 0.3 is 84.9 Å². The van der Waals surface area contributed by atoms with E-state index in [2.05, 4.69) is 23.7 Å². The van der Waals surface area contributed by atoms with Gasteiger partial charge in [-0.15, -0.1) is 0 Å². The van der Waals surface area contributed by atoms with Gasteiger partial charge in [0.1, 0.15) is 12.2 Å². The number of hydrogen-bond donors (Lipinski definition) is 0. The van der Waals surface area contributed by atoms with Crippen molar-refractivity contribution in [2.24, 2.45) is 0 Å². The van der Waals surface area contributed by atoms with Gasteiger partial charge in [0, 0.05) is 0 Å². The normalized spacial score (nSPS) is 21.5. The summed E-state index contributed by atoms with van der Waals surface area (Å²) in [6.07, 6.45) is -90.6. The Hall–Kier alpha value is -2.38. The minimum Gasteiger partial charge on any atom is -0.370 e. The second-order valence-corrected chi connectivity index (χ2v) is 11.4. The molecule has 2 aliphatic heterocycles. The maximum atomic E-state index is 14.4. The van der Waals surface area contributed by atoms with Crippen LogP contribution >= 0.6 is 0 Å². The zero-order chi connectivity index (χ0) is 47.1. The number of halogens is 30. The van der Waals surface area contributed by atoms with Crippen LogP contribution in [0.4, 0.5) is 132 Å². The maximum Gasteiger partial charge on any atom is 0.460 e. The Morgan fingerprint density at radius 2 is 0.559 bits per heavy atom. The Morgan fingerprint density at radius 3 is 0.763 bits per heavy atom. The van der Waals surface area contributed by atoms with Gasteiger partial charge < -0.3 is 14.2 Å². The number of hydrogen-bond acceptors (Lipinski definition) is 7. The van der Waals surface area contributed by atoms with Crippen molar-refractivity contribution in [1.29, 1.82) is 0 Å². The third-order valence-electron chi connectivity index (χ3n) is 6.75. The Kier molecular flexibility index (Phi) is 13.6. The van der Waals surface area contributed by atoms with Crippen molar-refractivity contribution in [2.75, 3.05) is 13.2 Å². The van der Waals surface area contributed by atoms with Crippen molar-refractivity contribution >= 4 is 0 Å². The average molecular weight is 958 g/mol. The maximum absolute atomic E-state index is 14.4. The Bertz CT molecular complexity index is 1340. The quantitative estimate of drug-likeness (QED) is 0.0791. The summed E-state index contributed by atoms with van der Waals surface area (Å²) >= 11 is 0. The largest absolute Gasteiger partial charge is 0.460 e. The van der Waals surface area contributed by atoms with Crippen molar-refractivity contribution in [3.63, 3.8) is 0 Å². The van der Waals surface area contributed by atoms with Crippen molar-refractivity contribution in [1.82, 2.24) is 0 Å². The molecule has 59 heavy (non-hydrogen) atoms. The second-order valence-electron chi connectivity index (χ2n) is 11.4. The Labute approximate surface area is 301 Å². The number of alkyl halides is 30. The van der Waals surface area contributed by atoms with Crippen LogP contribution in [0.25, 0.3) is 0 Å². The van der Waals surface area contributed by atoms with Gasteiger partial charge in [0.15, 0.2) is 0 Å². The molecule has 0 spiro atoms. The highest BCUT2D eigenvalue weighted by Crippen LogP contribution is 2.58. The molecule has 0 aromatic carbocycles. The predicted octanol–water partition coefficient (Wildman–Crippen LogP) is 9.79. The molecule has 0 aliphatic carbocycles. The van der Waals surface area contributed by atoms with E-state index >= 15 is 0 Å². The van der Waals surface area contributed by atoms with E-state index in [0.29, 0.717) is 0 Å². The van der Waals surface area contributed by atoms with Crippen LogP contribution in [0, 0.1) is 0 Å². The summed E-state index contributed by atoms with van der Waals surface area (Å²) in [4.78, 5) is 0. The first-order valence-electron chi connectivity index (χ1n) is 13.8. The molecule has 0 N–H and O–H groups in total. The highest BCUT2D eigenvalue weighted by atomic mass is 19.4. The van der Waals surface area contributed by atoms with E-state index in [-0.39, 0.29) is 0 Å². The fourth-order valence-electron chi connectivity index (χ4n) is 3.64. The molecule has 0 aromatic heterocycles. The molecule has 4 atom stereocenters. The minimum absolute atomic E-state index is 0.996. The fraction of sp³-hybridized carbons (Fsp3) is 1.00. The summed E-state index contributed by atoms with van der Waals surface area (Å²) in [6.45, 7) is -1.99. The van der Waals surface area contributed by atoms with Crippen molar-refractivity contribution in [3.05, 3.63) is 0 Å². The summed E-state index contributed by atoms with van der Waals surface area (Å²) in [6, 6.07) is 0. The van der Waals surface area contributed by atoms with Crippen LogP contribution in [0.15, 0.2) is 0 Å². The standard InChI is InChI=1S/C22H12F30O7/c23-9(24,56-19(45,46)21(49,50)58-17(41,42)13(31,32)11(27,28)15(35,36)37)1-5(7-3-53-7)55-6(8-4-54-8)2-10(25,26)57-20(47,48)22(51,52)59-18(43,44)14(33,34)12(29,30)16(38,39)40/h5-8H,1-4H2/t5-,6-,7?,8?/m0/s1. The van der Waals surface area contributed by atoms with Crippen molar-refractivity contribution in [2.45, 2.75) is 122 Å². The lowest BCUT2D eigenvalue weighted by atomic mass is 10.1. The van der Waals surface area contributed by atoms with E-state index in [1.54, 1.807) is 0 Å². The lowest BCUT2D eigenvalue weighted by molar-refractivity contribution is -0.543. The monoisotopic (exact) mass is 958 g/mol. The first kappa shape index (κ1) is 52.8. The molecular formula is C22H12F30O7. The first-order valence-corrected chi connectivity index (χ1v) is 13.8. The summed E-state index contributed by atoms with van der Waals surface area (Å²) in [5.74, 6) is -32.6. The van der Waals surface area contributed by atoms with Gasteiger partial charge in [-0.05, 0) is 0 Å². The molecule has 2 rings (SSSR count). The zero-order valence-electron chi connectivity index (χ0n) is 26.3. The number of rotatable bonds is 22. The van der Waals surface area contributed by atoms with E-state index < -0.39 is 135 Å². The van der Waals surface area contributed by atoms with E-state index in [9.17, 15) is 132 Å². The van der Waals surface area contributed by atoms with Crippen molar-refractivity contribution in [3.8, 4) is 0 Å². The highest BCUT2D eigenvalue weighted by Gasteiger charge is 2.86. The molecule has 2 heterocycles. The molecule has 352 valence electrons. The molecule has 0 saturated carbocycles. The highest BCUT2D eigenvalue weighted by molar-refractivity contribution is 4.99. The molecule has 0 bridgehead atoms. The van der Waals surface area contributed by atoms with Crippen molar-refractivity contribution < 1.29 is 165 Å². The molecule has 0 amide bonds. The van der Waals surface area contributed by atoms with E-state index in [0.717, 1.165) is 0 Å². The Morgan fingerprint density at radius 1 is 0.339 bits per heavy atom. The zero-order valence-corrected chi connectivity index (χ0v) is 26.3. The minimum atomic E-state index is -8.23. The smallest absolute Gasteiger partial charge is 0.370 e. The molecular weight excluding hydrogens is 946 g/mol. The number of epoxide rings is 2. The average Bonchev–Trinajstić information content (AvgIpc) is 3.85. The van der Waals surface area contributed by atoms with Crippen LogP contribution in [-0.4, -0.2) is 123 Å². The first-order chi connectivity index (χ1) is 25.5. The predicted molar refractivity (Wildman–Crippen MR) is 113 cm³/mol. The fourth-order valence-corrected chi connectivity index (χ4v) is 3.64. The summed E-state index contributed by atoms with van der Waals surface area (Å²) in [5, 5.41) is 0. The van der Waals surface area contributed by atoms with Crippen LogP contribution in [0.1, 0.15) is 12.8 Å². The molecule has 0 aromatic rings. The van der Waals surface area contributed by atoms with Gasteiger partial charge in [0.2, 0.25) is 0 Å². The molecule has 2 saturated heterocycles. The third kappa shape index (κ3) is 10.8. The van der Waals surface area contributed by atoms with Crippen LogP contribution in [-0.2, 0) is 33.2 Å². The van der Waals surface area contributed by atoms with Crippen LogP contribution in [0.3, 0.4) is 0 Å². The Balaban J connectivity index is 2.28. The third-order valence-corrected chi connectivity index (χ3v) is 6.75. The van der Waals surface area contributed by atoms with Gasteiger partial charge in [-0.3, -0.25) is 0 Å². The van der Waals surface area contributed by atoms with E-state index in [4.69, 9.17) is 0 Å². The SMILES string of the molecule is FC(F)(C[C@H](O[C@@H](CC(F)(F)OC(F)(F)C(F)(F)OC(F)(F)C(F)(F)C(F)(F)C(F)(F)F)C1CO1)C1CO1)OC(F)(F)C(F)(F)OC(F)(F)C(F)(F)C(F)(F)C(F)(F)F. The van der Waals surface area contributed by atoms with E-state index in [1.165, 1.54) is 9.47 Å². The lowest BCUT2D eigenvalue weighted by Crippen LogP contribution is -2.64. The second kappa shape index (κ2) is 15.2. The summed E-state index contributed by atoms with van der Waals surface area (Å²) in [7, 11) is 0. The van der Waals surface area contributed by atoms with Gasteiger partial charge in [0.25, 0.3) is 0 Å². The van der Waals surface area contributed by atoms with E-state index in [1.807, 2.05) is 0 Å². The van der Waals surface area contributed by atoms with Gasteiger partial charge in [-0.1, -0.05) is 0 Å². The summed E-state index contributed by atoms with van der Waals surface area (Å²) in [5.41, 5.74) is 0. The van der Waals surface area contributed by atoms with Crippen LogP contribution in [0.2, 0.25) is 0 Å². The van der Waals surface area contributed by atoms with Gasteiger partial charge in [-0.2, -0.15) is 132 Å². The molecule has 37 heteroatoms. The van der Waals surface area contributed by atoms with Crippen LogP contribution in [0.5, 0.6) is 0 Å². The topological polar surface area (TPSA) is 71.2 Å². The van der Waals surface area contributed by atoms with Gasteiger partial charge in [-0.25, -0.2) is 18.9 Å². The molecule has 0 radical (unpaired) electrons.